The summed E-state index contributed by atoms with van der Waals surface area (Å²) in [5, 5.41) is 11.6. The first kappa shape index (κ1) is 20.2. The molecule has 0 aliphatic heterocycles. The van der Waals surface area contributed by atoms with Crippen LogP contribution in [0.5, 0.6) is 5.75 Å². The van der Waals surface area contributed by atoms with Crippen molar-refractivity contribution in [1.29, 1.82) is 5.26 Å². The number of benzene rings is 2. The first-order valence-electron chi connectivity index (χ1n) is 7.97. The summed E-state index contributed by atoms with van der Waals surface area (Å²) in [5.41, 5.74) is 1.37. The zero-order valence-corrected chi connectivity index (χ0v) is 16.3. The minimum atomic E-state index is -1.03. The Hall–Kier alpha value is -3.11. The van der Waals surface area contributed by atoms with E-state index in [1.807, 2.05) is 12.1 Å². The van der Waals surface area contributed by atoms with Crippen LogP contribution in [0.1, 0.15) is 18.1 Å². The summed E-state index contributed by atoms with van der Waals surface area (Å²) >= 11 is 3.35. The summed E-state index contributed by atoms with van der Waals surface area (Å²) in [5.74, 6) is -0.603. The van der Waals surface area contributed by atoms with Crippen molar-refractivity contribution in [2.24, 2.45) is 0 Å². The second-order valence-corrected chi connectivity index (χ2v) is 6.36. The first-order chi connectivity index (χ1) is 12.9. The van der Waals surface area contributed by atoms with Crippen molar-refractivity contribution in [1.82, 2.24) is 0 Å². The predicted octanol–water partition coefficient (Wildman–Crippen LogP) is 3.91. The lowest BCUT2D eigenvalue weighted by atomic mass is 10.2. The molecule has 0 aliphatic carbocycles. The number of nitrogens with zero attached hydrogens (tertiary/aromatic N) is 1. The van der Waals surface area contributed by atoms with Crippen molar-refractivity contribution in [2.75, 3.05) is 12.4 Å². The molecule has 0 saturated heterocycles. The molecule has 0 spiro atoms. The van der Waals surface area contributed by atoms with E-state index < -0.39 is 18.0 Å². The molecule has 2 aromatic carbocycles. The quantitative estimate of drug-likeness (QED) is 0.556. The third-order valence-corrected chi connectivity index (χ3v) is 4.05. The molecule has 7 heteroatoms. The summed E-state index contributed by atoms with van der Waals surface area (Å²) in [6, 6.07) is 13.9. The number of hydrogen-bond acceptors (Lipinski definition) is 5. The molecule has 2 aromatic rings. The van der Waals surface area contributed by atoms with Gasteiger partial charge in [-0.1, -0.05) is 28.1 Å². The Balaban J connectivity index is 2.00. The summed E-state index contributed by atoms with van der Waals surface area (Å²) in [6.07, 6.45) is 1.73. The smallest absolute Gasteiger partial charge is 0.331 e. The Morgan fingerprint density at radius 1 is 1.26 bits per heavy atom. The van der Waals surface area contributed by atoms with Crippen LogP contribution in [0.15, 0.2) is 53.0 Å². The molecular formula is C20H17BrN2O4. The van der Waals surface area contributed by atoms with Gasteiger partial charge in [-0.3, -0.25) is 4.79 Å². The van der Waals surface area contributed by atoms with E-state index in [4.69, 9.17) is 14.7 Å². The fourth-order valence-electron chi connectivity index (χ4n) is 2.18. The number of halogens is 1. The predicted molar refractivity (Wildman–Crippen MR) is 105 cm³/mol. The Kier molecular flexibility index (Phi) is 7.15. The highest BCUT2D eigenvalue weighted by atomic mass is 79.9. The lowest BCUT2D eigenvalue weighted by molar-refractivity contribution is -0.148. The first-order valence-corrected chi connectivity index (χ1v) is 8.76. The molecule has 27 heavy (non-hydrogen) atoms. The van der Waals surface area contributed by atoms with E-state index in [9.17, 15) is 9.59 Å². The molecule has 0 aliphatic rings. The van der Waals surface area contributed by atoms with E-state index >= 15 is 0 Å². The normalized spacial score (nSPS) is 11.5. The molecule has 6 nitrogen and oxygen atoms in total. The summed E-state index contributed by atoms with van der Waals surface area (Å²) in [4.78, 5) is 24.2. The van der Waals surface area contributed by atoms with E-state index in [2.05, 4.69) is 21.2 Å². The minimum Gasteiger partial charge on any atom is -0.496 e. The number of carbonyl (C=O) groups excluding carboxylic acids is 2. The van der Waals surface area contributed by atoms with Crippen LogP contribution in [0.4, 0.5) is 5.69 Å². The van der Waals surface area contributed by atoms with Crippen LogP contribution in [0.3, 0.4) is 0 Å². The molecule has 1 unspecified atom stereocenters. The zero-order valence-electron chi connectivity index (χ0n) is 14.7. The van der Waals surface area contributed by atoms with E-state index in [1.165, 1.54) is 20.1 Å². The molecule has 0 heterocycles. The second-order valence-electron chi connectivity index (χ2n) is 5.45. The van der Waals surface area contributed by atoms with Gasteiger partial charge in [0, 0.05) is 16.1 Å². The lowest BCUT2D eigenvalue weighted by Gasteiger charge is -2.13. The summed E-state index contributed by atoms with van der Waals surface area (Å²) in [6.45, 7) is 1.45. The van der Waals surface area contributed by atoms with Crippen LogP contribution in [-0.2, 0) is 14.3 Å². The van der Waals surface area contributed by atoms with Crippen molar-refractivity contribution in [3.8, 4) is 11.8 Å². The number of nitrogens with one attached hydrogen (secondary N) is 1. The molecular weight excluding hydrogens is 412 g/mol. The number of hydrogen-bond donors (Lipinski definition) is 1. The fraction of sp³-hybridized carbons (Fsp3) is 0.150. The number of carbonyl (C=O) groups is 2. The van der Waals surface area contributed by atoms with Gasteiger partial charge < -0.3 is 14.8 Å². The highest BCUT2D eigenvalue weighted by molar-refractivity contribution is 9.10. The molecule has 1 N–H and O–H groups in total. The number of esters is 1. The fourth-order valence-corrected chi connectivity index (χ4v) is 2.56. The molecule has 138 valence electrons. The van der Waals surface area contributed by atoms with Crippen molar-refractivity contribution >= 4 is 39.6 Å². The van der Waals surface area contributed by atoms with Crippen LogP contribution in [0.25, 0.3) is 6.08 Å². The Morgan fingerprint density at radius 2 is 2.00 bits per heavy atom. The summed E-state index contributed by atoms with van der Waals surface area (Å²) in [7, 11) is 1.53. The van der Waals surface area contributed by atoms with Gasteiger partial charge in [0.25, 0.3) is 5.91 Å². The standard InChI is InChI=1S/C20H17BrN2O4/c1-13(20(25)23-17-6-4-3-5-15(17)12-22)27-19(24)10-7-14-11-16(21)8-9-18(14)26-2/h3-11,13H,1-2H3,(H,23,25)/b10-7+. The third kappa shape index (κ3) is 5.69. The van der Waals surface area contributed by atoms with Gasteiger partial charge in [-0.15, -0.1) is 0 Å². The Labute approximate surface area is 165 Å². The number of methoxy groups -OCH3 is 1. The van der Waals surface area contributed by atoms with E-state index in [0.717, 1.165) is 4.47 Å². The topological polar surface area (TPSA) is 88.4 Å². The Morgan fingerprint density at radius 3 is 2.70 bits per heavy atom. The molecule has 0 saturated carbocycles. The zero-order chi connectivity index (χ0) is 19.8. The minimum absolute atomic E-state index is 0.325. The van der Waals surface area contributed by atoms with Gasteiger partial charge in [-0.05, 0) is 43.3 Å². The van der Waals surface area contributed by atoms with Gasteiger partial charge in [0.05, 0.1) is 18.4 Å². The number of ether oxygens (including phenoxy) is 2. The maximum absolute atomic E-state index is 12.2. The Bertz CT molecular complexity index is 918. The maximum Gasteiger partial charge on any atom is 0.331 e. The number of para-hydroxylation sites is 1. The van der Waals surface area contributed by atoms with Crippen LogP contribution in [0, 0.1) is 11.3 Å². The van der Waals surface area contributed by atoms with Crippen LogP contribution < -0.4 is 10.1 Å². The van der Waals surface area contributed by atoms with Crippen molar-refractivity contribution in [3.63, 3.8) is 0 Å². The van der Waals surface area contributed by atoms with Crippen LogP contribution >= 0.6 is 15.9 Å². The molecule has 2 rings (SSSR count). The van der Waals surface area contributed by atoms with E-state index in [-0.39, 0.29) is 0 Å². The summed E-state index contributed by atoms with van der Waals surface area (Å²) < 4.78 is 11.2. The third-order valence-electron chi connectivity index (χ3n) is 3.56. The largest absolute Gasteiger partial charge is 0.496 e. The molecule has 0 aromatic heterocycles. The average molecular weight is 429 g/mol. The highest BCUT2D eigenvalue weighted by Gasteiger charge is 2.17. The van der Waals surface area contributed by atoms with E-state index in [0.29, 0.717) is 22.6 Å². The van der Waals surface area contributed by atoms with Crippen molar-refractivity contribution in [3.05, 3.63) is 64.1 Å². The second kappa shape index (κ2) is 9.55. The van der Waals surface area contributed by atoms with Gasteiger partial charge in [0.2, 0.25) is 0 Å². The van der Waals surface area contributed by atoms with Gasteiger partial charge in [-0.2, -0.15) is 5.26 Å². The van der Waals surface area contributed by atoms with Gasteiger partial charge in [-0.25, -0.2) is 4.79 Å². The highest BCUT2D eigenvalue weighted by Crippen LogP contribution is 2.24. The van der Waals surface area contributed by atoms with Gasteiger partial charge in [0.15, 0.2) is 6.10 Å². The van der Waals surface area contributed by atoms with Crippen molar-refractivity contribution in [2.45, 2.75) is 13.0 Å². The lowest BCUT2D eigenvalue weighted by Crippen LogP contribution is -2.29. The molecule has 0 radical (unpaired) electrons. The van der Waals surface area contributed by atoms with Crippen molar-refractivity contribution < 1.29 is 19.1 Å². The average Bonchev–Trinajstić information content (AvgIpc) is 2.66. The van der Waals surface area contributed by atoms with Gasteiger partial charge in [0.1, 0.15) is 11.8 Å². The number of anilines is 1. The molecule has 0 fully saturated rings. The van der Waals surface area contributed by atoms with Crippen LogP contribution in [0.2, 0.25) is 0 Å². The van der Waals surface area contributed by atoms with Gasteiger partial charge >= 0.3 is 5.97 Å². The molecule has 0 bridgehead atoms. The van der Waals surface area contributed by atoms with Crippen LogP contribution in [-0.4, -0.2) is 25.1 Å². The maximum atomic E-state index is 12.2. The number of amides is 1. The molecule has 1 amide bonds. The molecule has 1 atom stereocenters. The monoisotopic (exact) mass is 428 g/mol. The number of nitriles is 1. The number of rotatable bonds is 6. The SMILES string of the molecule is COc1ccc(Br)cc1/C=C/C(=O)OC(C)C(=O)Nc1ccccc1C#N. The van der Waals surface area contributed by atoms with E-state index in [1.54, 1.807) is 42.5 Å².